The number of rotatable bonds is 8. The fourth-order valence-corrected chi connectivity index (χ4v) is 2.13. The molecule has 0 amide bonds. The number of benzene rings is 2. The maximum atomic E-state index is 12.1. The van der Waals surface area contributed by atoms with E-state index in [-0.39, 0.29) is 5.75 Å². The van der Waals surface area contributed by atoms with Gasteiger partial charge in [-0.2, -0.15) is 8.78 Å². The van der Waals surface area contributed by atoms with Gasteiger partial charge >= 0.3 is 6.61 Å². The summed E-state index contributed by atoms with van der Waals surface area (Å²) in [5, 5.41) is 3.28. The molecule has 0 radical (unpaired) electrons. The van der Waals surface area contributed by atoms with Crippen LogP contribution in [-0.4, -0.2) is 20.8 Å². The Kier molecular flexibility index (Phi) is 6.17. The summed E-state index contributed by atoms with van der Waals surface area (Å²) in [6, 6.07) is 12.3. The lowest BCUT2D eigenvalue weighted by atomic mass is 10.2. The van der Waals surface area contributed by atoms with Crippen LogP contribution in [0, 0.1) is 0 Å². The van der Waals surface area contributed by atoms with Crippen molar-refractivity contribution in [2.45, 2.75) is 19.7 Å². The SMILES string of the molecule is COc1ccc(CNCc2ccc(OC(F)F)cc2)cc1OC. The molecule has 0 unspecified atom stereocenters. The standard InChI is InChI=1S/C17H19F2NO3/c1-21-15-8-5-13(9-16(15)22-2)11-20-10-12-3-6-14(7-4-12)23-17(18)19/h3-9,17,20H,10-11H2,1-2H3. The summed E-state index contributed by atoms with van der Waals surface area (Å²) in [6.07, 6.45) is 0. The summed E-state index contributed by atoms with van der Waals surface area (Å²) < 4.78 is 38.9. The van der Waals surface area contributed by atoms with Gasteiger partial charge in [-0.15, -0.1) is 0 Å². The van der Waals surface area contributed by atoms with Crippen LogP contribution in [0.3, 0.4) is 0 Å². The molecule has 0 atom stereocenters. The molecular formula is C17H19F2NO3. The molecule has 0 heterocycles. The Labute approximate surface area is 134 Å². The van der Waals surface area contributed by atoms with E-state index in [9.17, 15) is 8.78 Å². The molecule has 2 aromatic carbocycles. The zero-order chi connectivity index (χ0) is 16.7. The van der Waals surface area contributed by atoms with E-state index < -0.39 is 6.61 Å². The summed E-state index contributed by atoms with van der Waals surface area (Å²) in [6.45, 7) is -1.54. The lowest BCUT2D eigenvalue weighted by Gasteiger charge is -2.10. The molecule has 0 bridgehead atoms. The third-order valence-corrected chi connectivity index (χ3v) is 3.25. The molecule has 2 aromatic rings. The molecular weight excluding hydrogens is 304 g/mol. The van der Waals surface area contributed by atoms with E-state index in [2.05, 4.69) is 10.1 Å². The molecule has 23 heavy (non-hydrogen) atoms. The van der Waals surface area contributed by atoms with Crippen LogP contribution in [0.4, 0.5) is 8.78 Å². The van der Waals surface area contributed by atoms with Crippen molar-refractivity contribution in [2.75, 3.05) is 14.2 Å². The number of ether oxygens (including phenoxy) is 3. The van der Waals surface area contributed by atoms with E-state index in [1.165, 1.54) is 12.1 Å². The van der Waals surface area contributed by atoms with Gasteiger partial charge in [-0.1, -0.05) is 18.2 Å². The van der Waals surface area contributed by atoms with Gasteiger partial charge in [0.05, 0.1) is 14.2 Å². The van der Waals surface area contributed by atoms with Crippen LogP contribution in [0.5, 0.6) is 17.2 Å². The highest BCUT2D eigenvalue weighted by Crippen LogP contribution is 2.27. The second-order valence-electron chi connectivity index (χ2n) is 4.82. The summed E-state index contributed by atoms with van der Waals surface area (Å²) in [7, 11) is 3.19. The smallest absolute Gasteiger partial charge is 0.387 e. The number of alkyl halides is 2. The first-order chi connectivity index (χ1) is 11.1. The van der Waals surface area contributed by atoms with Gasteiger partial charge in [-0.05, 0) is 35.4 Å². The summed E-state index contributed by atoms with van der Waals surface area (Å²) >= 11 is 0. The van der Waals surface area contributed by atoms with Crippen molar-refractivity contribution in [3.05, 3.63) is 53.6 Å². The molecule has 0 spiro atoms. The second kappa shape index (κ2) is 8.33. The highest BCUT2D eigenvalue weighted by molar-refractivity contribution is 5.42. The third-order valence-electron chi connectivity index (χ3n) is 3.25. The first-order valence-electron chi connectivity index (χ1n) is 7.07. The molecule has 0 fully saturated rings. The predicted octanol–water partition coefficient (Wildman–Crippen LogP) is 3.60. The first-order valence-corrected chi connectivity index (χ1v) is 7.07. The van der Waals surface area contributed by atoms with Gasteiger partial charge in [0.1, 0.15) is 5.75 Å². The summed E-state index contributed by atoms with van der Waals surface area (Å²) in [4.78, 5) is 0. The van der Waals surface area contributed by atoms with Crippen molar-refractivity contribution >= 4 is 0 Å². The average Bonchev–Trinajstić information content (AvgIpc) is 2.55. The van der Waals surface area contributed by atoms with Crippen LogP contribution in [0.15, 0.2) is 42.5 Å². The number of hydrogen-bond acceptors (Lipinski definition) is 4. The fraction of sp³-hybridized carbons (Fsp3) is 0.294. The normalized spacial score (nSPS) is 10.7. The molecule has 2 rings (SSSR count). The molecule has 0 saturated heterocycles. The molecule has 4 nitrogen and oxygen atoms in total. The average molecular weight is 323 g/mol. The number of halogens is 2. The summed E-state index contributed by atoms with van der Waals surface area (Å²) in [5.41, 5.74) is 2.03. The van der Waals surface area contributed by atoms with Crippen molar-refractivity contribution in [1.29, 1.82) is 0 Å². The maximum absolute atomic E-state index is 12.1. The molecule has 124 valence electrons. The highest BCUT2D eigenvalue weighted by atomic mass is 19.3. The maximum Gasteiger partial charge on any atom is 0.387 e. The zero-order valence-corrected chi connectivity index (χ0v) is 13.0. The lowest BCUT2D eigenvalue weighted by Crippen LogP contribution is -2.12. The fourth-order valence-electron chi connectivity index (χ4n) is 2.13. The van der Waals surface area contributed by atoms with Gasteiger partial charge < -0.3 is 19.5 Å². The van der Waals surface area contributed by atoms with Gasteiger partial charge in [0, 0.05) is 13.1 Å². The Morgan fingerprint density at radius 2 is 1.48 bits per heavy atom. The van der Waals surface area contributed by atoms with Crippen LogP contribution in [-0.2, 0) is 13.1 Å². The molecule has 0 aliphatic rings. The van der Waals surface area contributed by atoms with Gasteiger partial charge in [-0.3, -0.25) is 0 Å². The Hall–Kier alpha value is -2.34. The van der Waals surface area contributed by atoms with Gasteiger partial charge in [-0.25, -0.2) is 0 Å². The largest absolute Gasteiger partial charge is 0.493 e. The van der Waals surface area contributed by atoms with Crippen molar-refractivity contribution in [2.24, 2.45) is 0 Å². The Balaban J connectivity index is 1.87. The molecule has 0 saturated carbocycles. The monoisotopic (exact) mass is 323 g/mol. The Bertz CT molecular complexity index is 618. The predicted molar refractivity (Wildman–Crippen MR) is 83.2 cm³/mol. The van der Waals surface area contributed by atoms with Crippen LogP contribution in [0.25, 0.3) is 0 Å². The van der Waals surface area contributed by atoms with Crippen LogP contribution < -0.4 is 19.5 Å². The minimum atomic E-state index is -2.80. The number of hydrogen-bond donors (Lipinski definition) is 1. The van der Waals surface area contributed by atoms with Crippen molar-refractivity contribution < 1.29 is 23.0 Å². The number of nitrogens with one attached hydrogen (secondary N) is 1. The minimum absolute atomic E-state index is 0.156. The lowest BCUT2D eigenvalue weighted by molar-refractivity contribution is -0.0498. The van der Waals surface area contributed by atoms with Crippen LogP contribution in [0.1, 0.15) is 11.1 Å². The highest BCUT2D eigenvalue weighted by Gasteiger charge is 2.05. The van der Waals surface area contributed by atoms with Gasteiger partial charge in [0.2, 0.25) is 0 Å². The zero-order valence-electron chi connectivity index (χ0n) is 13.0. The minimum Gasteiger partial charge on any atom is -0.493 e. The number of methoxy groups -OCH3 is 2. The molecule has 0 aliphatic carbocycles. The van der Waals surface area contributed by atoms with E-state index in [4.69, 9.17) is 9.47 Å². The third kappa shape index (κ3) is 5.10. The van der Waals surface area contributed by atoms with E-state index >= 15 is 0 Å². The Morgan fingerprint density at radius 3 is 2.09 bits per heavy atom. The quantitative estimate of drug-likeness (QED) is 0.806. The second-order valence-corrected chi connectivity index (χ2v) is 4.82. The van der Waals surface area contributed by atoms with Crippen molar-refractivity contribution in [3.63, 3.8) is 0 Å². The molecule has 0 aliphatic heterocycles. The van der Waals surface area contributed by atoms with Crippen molar-refractivity contribution in [1.82, 2.24) is 5.32 Å². The molecule has 1 N–H and O–H groups in total. The molecule has 6 heteroatoms. The van der Waals surface area contributed by atoms with E-state index in [1.807, 2.05) is 18.2 Å². The van der Waals surface area contributed by atoms with E-state index in [1.54, 1.807) is 26.4 Å². The van der Waals surface area contributed by atoms with Gasteiger partial charge in [0.15, 0.2) is 11.5 Å². The van der Waals surface area contributed by atoms with E-state index in [0.29, 0.717) is 24.6 Å². The van der Waals surface area contributed by atoms with E-state index in [0.717, 1.165) is 11.1 Å². The van der Waals surface area contributed by atoms with Crippen LogP contribution in [0.2, 0.25) is 0 Å². The first kappa shape index (κ1) is 17.0. The van der Waals surface area contributed by atoms with Crippen molar-refractivity contribution in [3.8, 4) is 17.2 Å². The van der Waals surface area contributed by atoms with Gasteiger partial charge in [0.25, 0.3) is 0 Å². The topological polar surface area (TPSA) is 39.7 Å². The van der Waals surface area contributed by atoms with Crippen LogP contribution >= 0.6 is 0 Å². The summed E-state index contributed by atoms with van der Waals surface area (Å²) in [5.74, 6) is 1.52. The Morgan fingerprint density at radius 1 is 0.870 bits per heavy atom. The molecule has 0 aromatic heterocycles.